The van der Waals surface area contributed by atoms with Gasteiger partial charge in [-0.2, -0.15) is 13.2 Å². The topological polar surface area (TPSA) is 98.8 Å². The highest BCUT2D eigenvalue weighted by Gasteiger charge is 2.38. The maximum Gasteiger partial charge on any atom is 0.435 e. The molecule has 0 aliphatic carbocycles. The van der Waals surface area contributed by atoms with Gasteiger partial charge < -0.3 is 15.6 Å². The third kappa shape index (κ3) is 4.09. The predicted molar refractivity (Wildman–Crippen MR) is 106 cm³/mol. The van der Waals surface area contributed by atoms with E-state index in [1.165, 1.54) is 24.5 Å². The van der Waals surface area contributed by atoms with Gasteiger partial charge in [-0.05, 0) is 35.2 Å². The summed E-state index contributed by atoms with van der Waals surface area (Å²) in [5, 5.41) is 4.42. The number of carbonyl (C=O) groups is 1. The zero-order chi connectivity index (χ0) is 22.2. The fourth-order valence-electron chi connectivity index (χ4n) is 3.53. The molecule has 4 rings (SSSR count). The third-order valence-electron chi connectivity index (χ3n) is 5.05. The number of nitrogens with one attached hydrogen (secondary N) is 1. The maximum atomic E-state index is 13.4. The van der Waals surface area contributed by atoms with Crippen LogP contribution in [0.1, 0.15) is 35.7 Å². The molecule has 4 aromatic rings. The standard InChI is InChI=1S/C21H18F3N5O2/c1-12(19(20(25)30)14-2-3-16-13(10-14)4-9-27-16)17-11-18(21(22,23)24)28-29(17)31-15-5-7-26-8-6-15/h2-12,19,27H,1H3,(H2,25,30). The molecule has 3 aromatic heterocycles. The fraction of sp³-hybridized carbons (Fsp3) is 0.190. The van der Waals surface area contributed by atoms with Crippen molar-refractivity contribution >= 4 is 16.8 Å². The van der Waals surface area contributed by atoms with Crippen molar-refractivity contribution in [1.29, 1.82) is 0 Å². The van der Waals surface area contributed by atoms with Crippen LogP contribution < -0.4 is 10.6 Å². The first-order valence-electron chi connectivity index (χ1n) is 9.36. The Bertz CT molecular complexity index is 1220. The minimum absolute atomic E-state index is 0.0575. The number of nitrogens with zero attached hydrogens (tertiary/aromatic N) is 3. The number of fused-ring (bicyclic) bond motifs is 1. The molecule has 0 aliphatic heterocycles. The van der Waals surface area contributed by atoms with Gasteiger partial charge in [-0.1, -0.05) is 17.8 Å². The molecule has 3 heterocycles. The van der Waals surface area contributed by atoms with Crippen LogP contribution in [-0.2, 0) is 11.0 Å². The SMILES string of the molecule is CC(c1cc(C(F)(F)F)nn1Oc1ccncc1)C(C(N)=O)c1ccc2[nH]ccc2c1. The Labute approximate surface area is 174 Å². The number of carbonyl (C=O) groups excluding carboxylic acids is 1. The Morgan fingerprint density at radius 3 is 2.58 bits per heavy atom. The highest BCUT2D eigenvalue weighted by atomic mass is 19.4. The van der Waals surface area contributed by atoms with Crippen LogP contribution in [0.25, 0.3) is 10.9 Å². The number of hydrogen-bond acceptors (Lipinski definition) is 4. The summed E-state index contributed by atoms with van der Waals surface area (Å²) < 4.78 is 40.1. The van der Waals surface area contributed by atoms with E-state index >= 15 is 0 Å². The molecule has 160 valence electrons. The van der Waals surface area contributed by atoms with E-state index in [-0.39, 0.29) is 11.4 Å². The van der Waals surface area contributed by atoms with Gasteiger partial charge in [0.1, 0.15) is 0 Å². The lowest BCUT2D eigenvalue weighted by Gasteiger charge is -2.22. The summed E-state index contributed by atoms with van der Waals surface area (Å²) >= 11 is 0. The quantitative estimate of drug-likeness (QED) is 0.484. The number of amides is 1. The molecule has 0 saturated heterocycles. The molecule has 10 heteroatoms. The van der Waals surface area contributed by atoms with Crippen molar-refractivity contribution in [3.63, 3.8) is 0 Å². The lowest BCUT2D eigenvalue weighted by molar-refractivity contribution is -0.142. The van der Waals surface area contributed by atoms with Gasteiger partial charge in [0.05, 0.1) is 11.6 Å². The summed E-state index contributed by atoms with van der Waals surface area (Å²) in [5.41, 5.74) is 6.05. The monoisotopic (exact) mass is 429 g/mol. The van der Waals surface area contributed by atoms with Crippen molar-refractivity contribution < 1.29 is 22.8 Å². The number of halogens is 3. The number of aromatic amines is 1. The zero-order valence-electron chi connectivity index (χ0n) is 16.3. The van der Waals surface area contributed by atoms with Crippen molar-refractivity contribution in [2.75, 3.05) is 0 Å². The molecule has 0 bridgehead atoms. The Balaban J connectivity index is 1.77. The van der Waals surface area contributed by atoms with Crippen LogP contribution in [0.15, 0.2) is 61.1 Å². The second kappa shape index (κ2) is 7.78. The van der Waals surface area contributed by atoms with Crippen LogP contribution in [0.4, 0.5) is 13.2 Å². The number of nitrogens with two attached hydrogens (primary N) is 1. The molecule has 1 aromatic carbocycles. The Morgan fingerprint density at radius 1 is 1.16 bits per heavy atom. The summed E-state index contributed by atoms with van der Waals surface area (Å²) in [4.78, 5) is 25.6. The minimum Gasteiger partial charge on any atom is -0.369 e. The van der Waals surface area contributed by atoms with Crippen LogP contribution >= 0.6 is 0 Å². The van der Waals surface area contributed by atoms with Gasteiger partial charge in [0.2, 0.25) is 5.91 Å². The highest BCUT2D eigenvalue weighted by molar-refractivity contribution is 5.86. The number of H-pyrrole nitrogens is 1. The molecule has 3 N–H and O–H groups in total. The van der Waals surface area contributed by atoms with E-state index in [2.05, 4.69) is 15.1 Å². The van der Waals surface area contributed by atoms with Crippen molar-refractivity contribution in [2.24, 2.45) is 5.73 Å². The maximum absolute atomic E-state index is 13.4. The first-order valence-corrected chi connectivity index (χ1v) is 9.36. The van der Waals surface area contributed by atoms with Crippen molar-refractivity contribution in [3.8, 4) is 5.75 Å². The molecule has 0 saturated carbocycles. The Kier molecular flexibility index (Phi) is 5.14. The molecule has 2 atom stereocenters. The van der Waals surface area contributed by atoms with Gasteiger partial charge >= 0.3 is 6.18 Å². The third-order valence-corrected chi connectivity index (χ3v) is 5.05. The van der Waals surface area contributed by atoms with Crippen LogP contribution in [0.5, 0.6) is 5.75 Å². The molecule has 0 fully saturated rings. The lowest BCUT2D eigenvalue weighted by atomic mass is 9.84. The van der Waals surface area contributed by atoms with Gasteiger partial charge in [0.25, 0.3) is 0 Å². The van der Waals surface area contributed by atoms with Crippen molar-refractivity contribution in [1.82, 2.24) is 19.9 Å². The largest absolute Gasteiger partial charge is 0.435 e. The van der Waals surface area contributed by atoms with Gasteiger partial charge in [0, 0.05) is 42.2 Å². The molecule has 7 nitrogen and oxygen atoms in total. The van der Waals surface area contributed by atoms with Crippen LogP contribution in [0.3, 0.4) is 0 Å². The summed E-state index contributed by atoms with van der Waals surface area (Å²) in [6.45, 7) is 1.61. The normalized spacial score (nSPS) is 13.8. The number of alkyl halides is 3. The van der Waals surface area contributed by atoms with E-state index in [4.69, 9.17) is 10.6 Å². The average molecular weight is 429 g/mol. The van der Waals surface area contributed by atoms with Crippen LogP contribution in [0, 0.1) is 0 Å². The van der Waals surface area contributed by atoms with E-state index in [0.29, 0.717) is 5.56 Å². The summed E-state index contributed by atoms with van der Waals surface area (Å²) in [7, 11) is 0. The summed E-state index contributed by atoms with van der Waals surface area (Å²) in [6.07, 6.45) is -0.0617. The van der Waals surface area contributed by atoms with Gasteiger partial charge in [-0.15, -0.1) is 5.10 Å². The second-order valence-corrected chi connectivity index (χ2v) is 7.09. The van der Waals surface area contributed by atoms with Gasteiger partial charge in [-0.25, -0.2) is 0 Å². The number of benzene rings is 1. The highest BCUT2D eigenvalue weighted by Crippen LogP contribution is 2.37. The van der Waals surface area contributed by atoms with Crippen LogP contribution in [-0.4, -0.2) is 25.8 Å². The van der Waals surface area contributed by atoms with Crippen molar-refractivity contribution in [3.05, 3.63) is 78.0 Å². The molecular weight excluding hydrogens is 411 g/mol. The smallest absolute Gasteiger partial charge is 0.369 e. The average Bonchev–Trinajstić information content (AvgIpc) is 3.35. The number of pyridine rings is 1. The molecule has 1 amide bonds. The fourth-order valence-corrected chi connectivity index (χ4v) is 3.53. The molecular formula is C21H18F3N5O2. The Morgan fingerprint density at radius 2 is 1.90 bits per heavy atom. The van der Waals surface area contributed by atoms with E-state index < -0.39 is 29.6 Å². The molecule has 0 aliphatic rings. The first kappa shape index (κ1) is 20.5. The molecule has 0 radical (unpaired) electrons. The van der Waals surface area contributed by atoms with Crippen LogP contribution in [0.2, 0.25) is 0 Å². The van der Waals surface area contributed by atoms with E-state index in [1.807, 2.05) is 6.07 Å². The lowest BCUT2D eigenvalue weighted by Crippen LogP contribution is -2.27. The van der Waals surface area contributed by atoms with E-state index in [9.17, 15) is 18.0 Å². The molecule has 31 heavy (non-hydrogen) atoms. The van der Waals surface area contributed by atoms with Gasteiger partial charge in [-0.3, -0.25) is 9.78 Å². The number of primary amides is 1. The number of hydrogen-bond donors (Lipinski definition) is 2. The number of rotatable bonds is 6. The Hall–Kier alpha value is -3.82. The van der Waals surface area contributed by atoms with E-state index in [0.717, 1.165) is 21.8 Å². The summed E-state index contributed by atoms with van der Waals surface area (Å²) in [5.74, 6) is -2.10. The van der Waals surface area contributed by atoms with Crippen molar-refractivity contribution in [2.45, 2.75) is 24.9 Å². The molecule has 2 unspecified atom stereocenters. The second-order valence-electron chi connectivity index (χ2n) is 7.09. The predicted octanol–water partition coefficient (Wildman–Crippen LogP) is 3.99. The summed E-state index contributed by atoms with van der Waals surface area (Å²) in [6, 6.07) is 11.0. The number of aromatic nitrogens is 4. The molecule has 0 spiro atoms. The first-order chi connectivity index (χ1) is 14.7. The van der Waals surface area contributed by atoms with E-state index in [1.54, 1.807) is 31.3 Å². The van der Waals surface area contributed by atoms with Gasteiger partial charge in [0.15, 0.2) is 11.4 Å². The zero-order valence-corrected chi connectivity index (χ0v) is 16.3. The minimum atomic E-state index is -4.69.